The third kappa shape index (κ3) is 9.62. The Kier molecular flexibility index (Phi) is 9.77. The number of hydrogen-bond donors (Lipinski definition) is 2. The highest BCUT2D eigenvalue weighted by molar-refractivity contribution is 6.30. The summed E-state index contributed by atoms with van der Waals surface area (Å²) in [5.41, 5.74) is 2.36. The topological polar surface area (TPSA) is 76.7 Å². The van der Waals surface area contributed by atoms with Gasteiger partial charge >= 0.3 is 6.09 Å². The summed E-state index contributed by atoms with van der Waals surface area (Å²) in [5, 5.41) is 6.30. The van der Waals surface area contributed by atoms with Crippen molar-refractivity contribution in [1.29, 1.82) is 0 Å². The average molecular weight is 509 g/mol. The van der Waals surface area contributed by atoms with E-state index in [-0.39, 0.29) is 5.91 Å². The summed E-state index contributed by atoms with van der Waals surface area (Å²) in [5.74, 6) is 0.450. The maximum atomic E-state index is 13.0. The lowest BCUT2D eigenvalue weighted by molar-refractivity contribution is -0.123. The molecule has 3 aromatic rings. The summed E-state index contributed by atoms with van der Waals surface area (Å²) < 4.78 is 11.2. The van der Waals surface area contributed by atoms with Gasteiger partial charge < -0.3 is 20.1 Å². The maximum absolute atomic E-state index is 13.0. The summed E-state index contributed by atoms with van der Waals surface area (Å²) >= 11 is 5.93. The first-order chi connectivity index (χ1) is 17.2. The van der Waals surface area contributed by atoms with Crippen molar-refractivity contribution in [3.8, 4) is 5.75 Å². The number of benzene rings is 3. The van der Waals surface area contributed by atoms with Crippen molar-refractivity contribution in [2.24, 2.45) is 0 Å². The SMILES string of the molecule is CC(C)(C)OC(=O)N[C@@H](Cc1ccc(OCc2ccccc2)cc1)C(=O)NCCc1ccc(Cl)cc1. The van der Waals surface area contributed by atoms with Gasteiger partial charge in [0.1, 0.15) is 24.0 Å². The monoisotopic (exact) mass is 508 g/mol. The number of alkyl carbamates (subject to hydrolysis) is 1. The normalized spacial score (nSPS) is 11.9. The van der Waals surface area contributed by atoms with Crippen LogP contribution in [0.15, 0.2) is 78.9 Å². The van der Waals surface area contributed by atoms with E-state index >= 15 is 0 Å². The highest BCUT2D eigenvalue weighted by Gasteiger charge is 2.24. The molecule has 3 rings (SSSR count). The van der Waals surface area contributed by atoms with E-state index in [9.17, 15) is 9.59 Å². The van der Waals surface area contributed by atoms with Crippen LogP contribution in [-0.4, -0.2) is 30.2 Å². The molecule has 0 fully saturated rings. The molecule has 3 aromatic carbocycles. The Morgan fingerprint density at radius 3 is 2.14 bits per heavy atom. The quantitative estimate of drug-likeness (QED) is 0.367. The van der Waals surface area contributed by atoms with E-state index in [1.54, 1.807) is 20.8 Å². The first-order valence-corrected chi connectivity index (χ1v) is 12.3. The van der Waals surface area contributed by atoms with Gasteiger partial charge in [-0.25, -0.2) is 4.79 Å². The van der Waals surface area contributed by atoms with E-state index in [4.69, 9.17) is 21.1 Å². The molecular formula is C29H33ClN2O4. The number of carbonyl (C=O) groups is 2. The zero-order valence-corrected chi connectivity index (χ0v) is 21.7. The van der Waals surface area contributed by atoms with Crippen LogP contribution in [0.3, 0.4) is 0 Å². The molecule has 0 aliphatic carbocycles. The van der Waals surface area contributed by atoms with Crippen LogP contribution in [0.4, 0.5) is 4.79 Å². The number of nitrogens with one attached hydrogen (secondary N) is 2. The minimum Gasteiger partial charge on any atom is -0.489 e. The molecule has 0 unspecified atom stereocenters. The van der Waals surface area contributed by atoms with Crippen molar-refractivity contribution in [1.82, 2.24) is 10.6 Å². The molecule has 0 heterocycles. The van der Waals surface area contributed by atoms with E-state index in [2.05, 4.69) is 10.6 Å². The van der Waals surface area contributed by atoms with Gasteiger partial charge in [-0.15, -0.1) is 0 Å². The molecule has 0 radical (unpaired) electrons. The van der Waals surface area contributed by atoms with Gasteiger partial charge in [0.2, 0.25) is 5.91 Å². The van der Waals surface area contributed by atoms with Gasteiger partial charge in [-0.1, -0.05) is 66.2 Å². The molecular weight excluding hydrogens is 476 g/mol. The Bertz CT molecular complexity index is 1110. The fourth-order valence-electron chi connectivity index (χ4n) is 3.46. The zero-order valence-electron chi connectivity index (χ0n) is 20.9. The molecule has 7 heteroatoms. The molecule has 2 amide bonds. The summed E-state index contributed by atoms with van der Waals surface area (Å²) in [6.45, 7) is 6.24. The fraction of sp³-hybridized carbons (Fsp3) is 0.310. The van der Waals surface area contributed by atoms with Crippen molar-refractivity contribution in [3.05, 3.63) is 101 Å². The molecule has 0 aromatic heterocycles. The Balaban J connectivity index is 1.60. The summed E-state index contributed by atoms with van der Waals surface area (Å²) in [6.07, 6.45) is 0.323. The van der Waals surface area contributed by atoms with E-state index in [0.717, 1.165) is 22.4 Å². The second kappa shape index (κ2) is 13.0. The van der Waals surface area contributed by atoms with E-state index < -0.39 is 17.7 Å². The van der Waals surface area contributed by atoms with Crippen LogP contribution in [-0.2, 0) is 29.0 Å². The minimum absolute atomic E-state index is 0.278. The zero-order chi connectivity index (χ0) is 26.0. The summed E-state index contributed by atoms with van der Waals surface area (Å²) in [4.78, 5) is 25.4. The maximum Gasteiger partial charge on any atom is 0.408 e. The molecule has 2 N–H and O–H groups in total. The third-order valence-electron chi connectivity index (χ3n) is 5.25. The van der Waals surface area contributed by atoms with Crippen LogP contribution in [0.25, 0.3) is 0 Å². The molecule has 0 bridgehead atoms. The highest BCUT2D eigenvalue weighted by atomic mass is 35.5. The Labute approximate surface area is 218 Å². The highest BCUT2D eigenvalue weighted by Crippen LogP contribution is 2.16. The average Bonchev–Trinajstić information content (AvgIpc) is 2.84. The molecule has 6 nitrogen and oxygen atoms in total. The van der Waals surface area contributed by atoms with Gasteiger partial charge in [0.15, 0.2) is 0 Å². The number of halogens is 1. The standard InChI is InChI=1S/C29H33ClN2O4/c1-29(2,3)36-28(34)32-26(27(33)31-18-17-21-9-13-24(30)14-10-21)19-22-11-15-25(16-12-22)35-20-23-7-5-4-6-8-23/h4-16,26H,17-20H2,1-3H3,(H,31,33)(H,32,34)/t26-/m0/s1. The fourth-order valence-corrected chi connectivity index (χ4v) is 3.59. The number of rotatable bonds is 10. The van der Waals surface area contributed by atoms with E-state index in [1.165, 1.54) is 0 Å². The van der Waals surface area contributed by atoms with Gasteiger partial charge in [-0.2, -0.15) is 0 Å². The van der Waals surface area contributed by atoms with Gasteiger partial charge in [0, 0.05) is 18.0 Å². The third-order valence-corrected chi connectivity index (χ3v) is 5.50. The number of amides is 2. The minimum atomic E-state index is -0.791. The summed E-state index contributed by atoms with van der Waals surface area (Å²) in [6, 6.07) is 24.1. The van der Waals surface area contributed by atoms with Crippen molar-refractivity contribution in [3.63, 3.8) is 0 Å². The van der Waals surface area contributed by atoms with Crippen molar-refractivity contribution in [2.45, 2.75) is 51.9 Å². The lowest BCUT2D eigenvalue weighted by atomic mass is 10.0. The first-order valence-electron chi connectivity index (χ1n) is 12.0. The van der Waals surface area contributed by atoms with Crippen LogP contribution < -0.4 is 15.4 Å². The van der Waals surface area contributed by atoms with Gasteiger partial charge in [0.25, 0.3) is 0 Å². The number of carbonyl (C=O) groups excluding carboxylic acids is 2. The number of hydrogen-bond acceptors (Lipinski definition) is 4. The molecule has 0 saturated heterocycles. The Morgan fingerprint density at radius 2 is 1.50 bits per heavy atom. The van der Waals surface area contributed by atoms with E-state index in [1.807, 2.05) is 78.9 Å². The number of ether oxygens (including phenoxy) is 2. The Morgan fingerprint density at radius 1 is 0.861 bits per heavy atom. The van der Waals surface area contributed by atoms with Crippen LogP contribution >= 0.6 is 11.6 Å². The van der Waals surface area contributed by atoms with Crippen LogP contribution in [0.2, 0.25) is 5.02 Å². The molecule has 36 heavy (non-hydrogen) atoms. The lowest BCUT2D eigenvalue weighted by Gasteiger charge is -2.23. The van der Waals surface area contributed by atoms with Crippen LogP contribution in [0.1, 0.15) is 37.5 Å². The lowest BCUT2D eigenvalue weighted by Crippen LogP contribution is -2.49. The predicted molar refractivity (Wildman–Crippen MR) is 142 cm³/mol. The molecule has 190 valence electrons. The van der Waals surface area contributed by atoms with Gasteiger partial charge in [-0.05, 0) is 68.1 Å². The van der Waals surface area contributed by atoms with Crippen molar-refractivity contribution in [2.75, 3.05) is 6.54 Å². The van der Waals surface area contributed by atoms with Crippen LogP contribution in [0.5, 0.6) is 5.75 Å². The Hall–Kier alpha value is -3.51. The van der Waals surface area contributed by atoms with Crippen LogP contribution in [0, 0.1) is 0 Å². The van der Waals surface area contributed by atoms with Crippen molar-refractivity contribution >= 4 is 23.6 Å². The van der Waals surface area contributed by atoms with Gasteiger partial charge in [-0.3, -0.25) is 4.79 Å². The molecule has 1 atom stereocenters. The molecule has 0 aliphatic heterocycles. The second-order valence-electron chi connectivity index (χ2n) is 9.49. The first kappa shape index (κ1) is 27.1. The summed E-state index contributed by atoms with van der Waals surface area (Å²) in [7, 11) is 0. The predicted octanol–water partition coefficient (Wildman–Crippen LogP) is 5.71. The largest absolute Gasteiger partial charge is 0.489 e. The van der Waals surface area contributed by atoms with Crippen molar-refractivity contribution < 1.29 is 19.1 Å². The molecule has 0 aliphatic rings. The molecule has 0 saturated carbocycles. The van der Waals surface area contributed by atoms with Gasteiger partial charge in [0.05, 0.1) is 0 Å². The molecule has 0 spiro atoms. The van der Waals surface area contributed by atoms with E-state index in [0.29, 0.717) is 31.0 Å². The smallest absolute Gasteiger partial charge is 0.408 e. The second-order valence-corrected chi connectivity index (χ2v) is 9.93.